The zero-order valence-corrected chi connectivity index (χ0v) is 16.0. The van der Waals surface area contributed by atoms with E-state index >= 15 is 0 Å². The molecule has 29 heavy (non-hydrogen) atoms. The average molecular weight is 392 g/mol. The van der Waals surface area contributed by atoms with Gasteiger partial charge in [-0.15, -0.1) is 0 Å². The molecule has 0 saturated carbocycles. The quantitative estimate of drug-likeness (QED) is 0.630. The Kier molecular flexibility index (Phi) is 3.78. The minimum Gasteiger partial charge on any atom is -0.509 e. The number of methoxy groups -OCH3 is 2. The summed E-state index contributed by atoms with van der Waals surface area (Å²) in [6.45, 7) is 0.537. The molecular formula is C21H20N4O4. The summed E-state index contributed by atoms with van der Waals surface area (Å²) in [4.78, 5) is 9.56. The number of amidine groups is 1. The SMILES string of the molecule is COc1cc(OC)cc(N2C(=N)C(c3nc4ccccc4[nH]3)=C(O)C23COC3)c1. The molecule has 2 aliphatic heterocycles. The average Bonchev–Trinajstić information content (AvgIpc) is 3.22. The lowest BCUT2D eigenvalue weighted by molar-refractivity contribution is -0.0465. The van der Waals surface area contributed by atoms with Crippen molar-refractivity contribution < 1.29 is 19.3 Å². The number of aliphatic hydroxyl groups is 1. The van der Waals surface area contributed by atoms with E-state index in [-0.39, 0.29) is 24.8 Å². The maximum atomic E-state index is 11.2. The molecule has 1 saturated heterocycles. The van der Waals surface area contributed by atoms with Crippen LogP contribution in [-0.2, 0) is 4.74 Å². The molecule has 0 unspecified atom stereocenters. The maximum absolute atomic E-state index is 11.2. The molecule has 1 aromatic heterocycles. The first kappa shape index (κ1) is 17.6. The van der Waals surface area contributed by atoms with Crippen LogP contribution in [0, 0.1) is 5.41 Å². The standard InChI is InChI=1S/C21H20N4O4/c1-27-13-7-12(8-14(9-13)28-2)25-19(22)17(18(26)21(25)10-29-11-21)20-23-15-5-3-4-6-16(15)24-20/h3-9,22,26H,10-11H2,1-2H3,(H,23,24). The van der Waals surface area contributed by atoms with Gasteiger partial charge in [0.2, 0.25) is 0 Å². The number of aromatic amines is 1. The highest BCUT2D eigenvalue weighted by Crippen LogP contribution is 2.47. The molecule has 3 heterocycles. The van der Waals surface area contributed by atoms with E-state index in [9.17, 15) is 5.11 Å². The van der Waals surface area contributed by atoms with Gasteiger partial charge in [-0.05, 0) is 12.1 Å². The van der Waals surface area contributed by atoms with Crippen LogP contribution in [0.4, 0.5) is 5.69 Å². The monoisotopic (exact) mass is 392 g/mol. The van der Waals surface area contributed by atoms with Gasteiger partial charge in [-0.3, -0.25) is 5.41 Å². The molecule has 2 aromatic carbocycles. The van der Waals surface area contributed by atoms with Gasteiger partial charge in [0, 0.05) is 18.2 Å². The lowest BCUT2D eigenvalue weighted by atomic mass is 9.93. The van der Waals surface area contributed by atoms with Crippen molar-refractivity contribution in [3.63, 3.8) is 0 Å². The predicted molar refractivity (Wildman–Crippen MR) is 109 cm³/mol. The van der Waals surface area contributed by atoms with Crippen LogP contribution in [0.3, 0.4) is 0 Å². The minimum absolute atomic E-state index is 0.0783. The lowest BCUT2D eigenvalue weighted by Crippen LogP contribution is -2.62. The number of benzene rings is 2. The summed E-state index contributed by atoms with van der Waals surface area (Å²) >= 11 is 0. The Hall–Kier alpha value is -3.52. The largest absolute Gasteiger partial charge is 0.509 e. The van der Waals surface area contributed by atoms with Crippen molar-refractivity contribution in [2.45, 2.75) is 5.54 Å². The summed E-state index contributed by atoms with van der Waals surface area (Å²) in [6, 6.07) is 13.0. The van der Waals surface area contributed by atoms with E-state index in [1.165, 1.54) is 0 Å². The summed E-state index contributed by atoms with van der Waals surface area (Å²) in [6.07, 6.45) is 0. The van der Waals surface area contributed by atoms with Gasteiger partial charge in [0.25, 0.3) is 0 Å². The number of anilines is 1. The molecule has 0 radical (unpaired) electrons. The van der Waals surface area contributed by atoms with Gasteiger partial charge in [-0.1, -0.05) is 12.1 Å². The van der Waals surface area contributed by atoms with Crippen molar-refractivity contribution in [1.82, 2.24) is 9.97 Å². The Morgan fingerprint density at radius 2 is 1.83 bits per heavy atom. The Bertz CT molecular complexity index is 1110. The second-order valence-electron chi connectivity index (χ2n) is 7.11. The van der Waals surface area contributed by atoms with Gasteiger partial charge in [-0.2, -0.15) is 0 Å². The molecule has 0 atom stereocenters. The van der Waals surface area contributed by atoms with E-state index < -0.39 is 5.54 Å². The highest BCUT2D eigenvalue weighted by Gasteiger charge is 2.57. The summed E-state index contributed by atoms with van der Waals surface area (Å²) in [5.41, 5.74) is 1.81. The van der Waals surface area contributed by atoms with Crippen molar-refractivity contribution >= 4 is 28.1 Å². The number of nitrogens with one attached hydrogen (secondary N) is 2. The van der Waals surface area contributed by atoms with E-state index in [0.717, 1.165) is 11.0 Å². The van der Waals surface area contributed by atoms with Crippen molar-refractivity contribution in [1.29, 1.82) is 5.41 Å². The highest BCUT2D eigenvalue weighted by atomic mass is 16.5. The number of aliphatic hydroxyl groups excluding tert-OH is 1. The first-order valence-corrected chi connectivity index (χ1v) is 9.16. The van der Waals surface area contributed by atoms with Crippen LogP contribution in [0.1, 0.15) is 5.82 Å². The molecular weight excluding hydrogens is 372 g/mol. The minimum atomic E-state index is -0.844. The zero-order chi connectivity index (χ0) is 20.2. The summed E-state index contributed by atoms with van der Waals surface area (Å²) in [7, 11) is 3.15. The van der Waals surface area contributed by atoms with Crippen LogP contribution in [-0.4, -0.2) is 53.9 Å². The molecule has 1 spiro atoms. The lowest BCUT2D eigenvalue weighted by Gasteiger charge is -2.45. The van der Waals surface area contributed by atoms with Crippen LogP contribution in [0.5, 0.6) is 11.5 Å². The number of imidazole rings is 1. The van der Waals surface area contributed by atoms with Crippen LogP contribution in [0.2, 0.25) is 0 Å². The van der Waals surface area contributed by atoms with Gasteiger partial charge in [0.1, 0.15) is 28.9 Å². The third-order valence-electron chi connectivity index (χ3n) is 5.47. The molecule has 0 aliphatic carbocycles. The Morgan fingerprint density at radius 3 is 2.41 bits per heavy atom. The second kappa shape index (κ2) is 6.25. The van der Waals surface area contributed by atoms with Crippen molar-refractivity contribution in [2.75, 3.05) is 32.3 Å². The van der Waals surface area contributed by atoms with E-state index in [2.05, 4.69) is 9.97 Å². The summed E-state index contributed by atoms with van der Waals surface area (Å²) < 4.78 is 16.2. The normalized spacial score (nSPS) is 17.9. The molecule has 5 rings (SSSR count). The molecule has 3 N–H and O–H groups in total. The number of aromatic nitrogens is 2. The van der Waals surface area contributed by atoms with E-state index in [4.69, 9.17) is 19.6 Å². The fourth-order valence-corrected chi connectivity index (χ4v) is 3.93. The molecule has 148 valence electrons. The molecule has 0 bridgehead atoms. The number of ether oxygens (including phenoxy) is 3. The fourth-order valence-electron chi connectivity index (χ4n) is 3.93. The van der Waals surface area contributed by atoms with Crippen LogP contribution < -0.4 is 14.4 Å². The fraction of sp³-hybridized carbons (Fsp3) is 0.238. The summed E-state index contributed by atoms with van der Waals surface area (Å²) in [5.74, 6) is 1.87. The number of H-pyrrole nitrogens is 1. The third kappa shape index (κ3) is 2.42. The van der Waals surface area contributed by atoms with Crippen LogP contribution >= 0.6 is 0 Å². The Morgan fingerprint density at radius 1 is 1.14 bits per heavy atom. The smallest absolute Gasteiger partial charge is 0.151 e. The van der Waals surface area contributed by atoms with Gasteiger partial charge in [-0.25, -0.2) is 4.98 Å². The Balaban J connectivity index is 1.65. The third-order valence-corrected chi connectivity index (χ3v) is 5.47. The van der Waals surface area contributed by atoms with Crippen molar-refractivity contribution in [3.05, 3.63) is 54.0 Å². The first-order valence-electron chi connectivity index (χ1n) is 9.16. The number of fused-ring (bicyclic) bond motifs is 1. The highest BCUT2D eigenvalue weighted by molar-refractivity contribution is 6.31. The first-order chi connectivity index (χ1) is 14.1. The Labute approximate surface area is 166 Å². The van der Waals surface area contributed by atoms with E-state index in [1.54, 1.807) is 25.2 Å². The van der Waals surface area contributed by atoms with Crippen LogP contribution in [0.25, 0.3) is 16.6 Å². The molecule has 3 aromatic rings. The molecule has 8 nitrogen and oxygen atoms in total. The topological polar surface area (TPSA) is 104 Å². The van der Waals surface area contributed by atoms with Crippen molar-refractivity contribution in [3.8, 4) is 11.5 Å². The molecule has 1 fully saturated rings. The number of nitrogens with zero attached hydrogens (tertiary/aromatic N) is 2. The molecule has 0 amide bonds. The van der Waals surface area contributed by atoms with Crippen molar-refractivity contribution in [2.24, 2.45) is 0 Å². The number of rotatable bonds is 4. The second-order valence-corrected chi connectivity index (χ2v) is 7.11. The molecule has 8 heteroatoms. The number of hydrogen-bond donors (Lipinski definition) is 3. The van der Waals surface area contributed by atoms with E-state index in [1.807, 2.05) is 36.4 Å². The van der Waals surface area contributed by atoms with E-state index in [0.29, 0.717) is 28.6 Å². The number of para-hydroxylation sites is 2. The van der Waals surface area contributed by atoms with Gasteiger partial charge in [0.15, 0.2) is 5.54 Å². The zero-order valence-electron chi connectivity index (χ0n) is 16.0. The maximum Gasteiger partial charge on any atom is 0.151 e. The van der Waals surface area contributed by atoms with Gasteiger partial charge in [0.05, 0.1) is 49.7 Å². The van der Waals surface area contributed by atoms with Gasteiger partial charge < -0.3 is 29.2 Å². The molecule has 2 aliphatic rings. The number of hydrogen-bond acceptors (Lipinski definition) is 6. The van der Waals surface area contributed by atoms with Gasteiger partial charge >= 0.3 is 0 Å². The summed E-state index contributed by atoms with van der Waals surface area (Å²) in [5, 5.41) is 20.1. The predicted octanol–water partition coefficient (Wildman–Crippen LogP) is 3.12. The van der Waals surface area contributed by atoms with Crippen LogP contribution in [0.15, 0.2) is 48.2 Å².